The fourth-order valence-corrected chi connectivity index (χ4v) is 2.27. The highest BCUT2D eigenvalue weighted by Crippen LogP contribution is 2.33. The van der Waals surface area contributed by atoms with E-state index in [1.54, 1.807) is 6.07 Å². The van der Waals surface area contributed by atoms with Crippen molar-refractivity contribution in [1.82, 2.24) is 0 Å². The Morgan fingerprint density at radius 2 is 1.95 bits per heavy atom. The summed E-state index contributed by atoms with van der Waals surface area (Å²) in [7, 11) is 0. The van der Waals surface area contributed by atoms with Crippen molar-refractivity contribution in [3.8, 4) is 11.5 Å². The lowest BCUT2D eigenvalue weighted by Gasteiger charge is -2.10. The largest absolute Gasteiger partial charge is 0.504 e. The van der Waals surface area contributed by atoms with Crippen LogP contribution in [0.4, 0.5) is 0 Å². The fourth-order valence-electron chi connectivity index (χ4n) is 1.66. The molecule has 2 rings (SSSR count). The summed E-state index contributed by atoms with van der Waals surface area (Å²) in [5.41, 5.74) is 1.44. The Morgan fingerprint density at radius 1 is 1.26 bits per heavy atom. The second-order valence-electron chi connectivity index (χ2n) is 4.13. The highest BCUT2D eigenvalue weighted by Gasteiger charge is 2.11. The predicted molar refractivity (Wildman–Crippen MR) is 76.6 cm³/mol. The first-order valence-electron chi connectivity index (χ1n) is 5.78. The van der Waals surface area contributed by atoms with Gasteiger partial charge in [0.2, 0.25) is 0 Å². The third-order valence-corrected chi connectivity index (χ3v) is 3.32. The van der Waals surface area contributed by atoms with Gasteiger partial charge in [0.1, 0.15) is 6.61 Å². The standard InChI is InChI=1S/C15H13BrO3/c1-10(17)12-7-14(18)15(8-13(12)16)19-9-11-5-3-2-4-6-11/h2-8,18H,9H2,1H3. The van der Waals surface area contributed by atoms with Gasteiger partial charge in [-0.2, -0.15) is 0 Å². The number of ketones is 1. The van der Waals surface area contributed by atoms with Crippen LogP contribution in [0.5, 0.6) is 11.5 Å². The molecule has 3 nitrogen and oxygen atoms in total. The lowest BCUT2D eigenvalue weighted by molar-refractivity contribution is 0.101. The zero-order valence-corrected chi connectivity index (χ0v) is 12.0. The average molecular weight is 321 g/mol. The van der Waals surface area contributed by atoms with Crippen LogP contribution in [-0.2, 0) is 6.61 Å². The maximum atomic E-state index is 11.3. The zero-order valence-electron chi connectivity index (χ0n) is 10.4. The molecule has 4 heteroatoms. The van der Waals surface area contributed by atoms with Crippen molar-refractivity contribution in [2.24, 2.45) is 0 Å². The predicted octanol–water partition coefficient (Wildman–Crippen LogP) is 3.94. The number of carbonyl (C=O) groups excluding carboxylic acids is 1. The normalized spacial score (nSPS) is 10.2. The van der Waals surface area contributed by atoms with Crippen molar-refractivity contribution in [3.05, 3.63) is 58.1 Å². The van der Waals surface area contributed by atoms with E-state index in [0.717, 1.165) is 5.56 Å². The Labute approximate surface area is 120 Å². The summed E-state index contributed by atoms with van der Waals surface area (Å²) < 4.78 is 6.16. The van der Waals surface area contributed by atoms with Crippen molar-refractivity contribution in [2.75, 3.05) is 0 Å². The van der Waals surface area contributed by atoms with Crippen LogP contribution in [0.15, 0.2) is 46.9 Å². The Bertz CT molecular complexity index is 594. The van der Waals surface area contributed by atoms with Gasteiger partial charge in [-0.1, -0.05) is 30.3 Å². The summed E-state index contributed by atoms with van der Waals surface area (Å²) in [5.74, 6) is 0.196. The molecule has 0 unspecified atom stereocenters. The number of benzene rings is 2. The molecule has 0 heterocycles. The molecule has 0 aliphatic rings. The van der Waals surface area contributed by atoms with Gasteiger partial charge in [-0.05, 0) is 40.5 Å². The summed E-state index contributed by atoms with van der Waals surface area (Å²) in [4.78, 5) is 11.3. The Kier molecular flexibility index (Phi) is 4.22. The van der Waals surface area contributed by atoms with Crippen LogP contribution in [-0.4, -0.2) is 10.9 Å². The van der Waals surface area contributed by atoms with E-state index >= 15 is 0 Å². The molecule has 0 bridgehead atoms. The number of phenolic OH excluding ortho intramolecular Hbond substituents is 1. The van der Waals surface area contributed by atoms with Crippen LogP contribution in [0.3, 0.4) is 0 Å². The number of phenols is 1. The van der Waals surface area contributed by atoms with Crippen LogP contribution in [0.2, 0.25) is 0 Å². The molecule has 0 amide bonds. The number of aromatic hydroxyl groups is 1. The minimum absolute atomic E-state index is 0.0377. The maximum absolute atomic E-state index is 11.3. The monoisotopic (exact) mass is 320 g/mol. The van der Waals surface area contributed by atoms with Gasteiger partial charge < -0.3 is 9.84 Å². The number of hydrogen-bond acceptors (Lipinski definition) is 3. The Morgan fingerprint density at radius 3 is 2.58 bits per heavy atom. The van der Waals surface area contributed by atoms with E-state index in [2.05, 4.69) is 15.9 Å². The molecule has 0 spiro atoms. The van der Waals surface area contributed by atoms with E-state index in [4.69, 9.17) is 4.74 Å². The molecule has 0 fully saturated rings. The molecular formula is C15H13BrO3. The SMILES string of the molecule is CC(=O)c1cc(O)c(OCc2ccccc2)cc1Br. The third-order valence-electron chi connectivity index (χ3n) is 2.67. The number of halogens is 1. The smallest absolute Gasteiger partial charge is 0.162 e. The van der Waals surface area contributed by atoms with E-state index in [0.29, 0.717) is 22.4 Å². The van der Waals surface area contributed by atoms with Gasteiger partial charge in [-0.15, -0.1) is 0 Å². The molecule has 2 aromatic carbocycles. The molecule has 0 radical (unpaired) electrons. The second-order valence-corrected chi connectivity index (χ2v) is 4.98. The van der Waals surface area contributed by atoms with E-state index in [1.165, 1.54) is 13.0 Å². The van der Waals surface area contributed by atoms with Gasteiger partial charge in [0.15, 0.2) is 17.3 Å². The van der Waals surface area contributed by atoms with Crippen molar-refractivity contribution in [3.63, 3.8) is 0 Å². The number of Topliss-reactive ketones (excluding diaryl/α,β-unsaturated/α-hetero) is 1. The first-order chi connectivity index (χ1) is 9.08. The summed E-state index contributed by atoms with van der Waals surface area (Å²) >= 11 is 3.30. The minimum atomic E-state index is -0.114. The molecule has 98 valence electrons. The van der Waals surface area contributed by atoms with Crippen LogP contribution < -0.4 is 4.74 Å². The summed E-state index contributed by atoms with van der Waals surface area (Å²) in [6.45, 7) is 1.81. The van der Waals surface area contributed by atoms with Crippen molar-refractivity contribution >= 4 is 21.7 Å². The minimum Gasteiger partial charge on any atom is -0.504 e. The van der Waals surface area contributed by atoms with Gasteiger partial charge in [0.05, 0.1) is 0 Å². The zero-order chi connectivity index (χ0) is 13.8. The molecular weight excluding hydrogens is 308 g/mol. The molecule has 0 aromatic heterocycles. The molecule has 0 aliphatic carbocycles. The summed E-state index contributed by atoms with van der Waals surface area (Å²) in [6.07, 6.45) is 0. The highest BCUT2D eigenvalue weighted by molar-refractivity contribution is 9.10. The quantitative estimate of drug-likeness (QED) is 0.868. The summed E-state index contributed by atoms with van der Waals surface area (Å²) in [5, 5.41) is 9.84. The van der Waals surface area contributed by atoms with Crippen LogP contribution >= 0.6 is 15.9 Å². The highest BCUT2D eigenvalue weighted by atomic mass is 79.9. The molecule has 0 saturated carbocycles. The molecule has 0 saturated heterocycles. The second kappa shape index (κ2) is 5.89. The number of ether oxygens (including phenoxy) is 1. The van der Waals surface area contributed by atoms with E-state index < -0.39 is 0 Å². The van der Waals surface area contributed by atoms with Gasteiger partial charge in [-0.3, -0.25) is 4.79 Å². The van der Waals surface area contributed by atoms with Crippen molar-refractivity contribution in [1.29, 1.82) is 0 Å². The number of carbonyl (C=O) groups is 1. The molecule has 0 aliphatic heterocycles. The fraction of sp³-hybridized carbons (Fsp3) is 0.133. The number of hydrogen-bond donors (Lipinski definition) is 1. The molecule has 2 aromatic rings. The summed E-state index contributed by atoms with van der Waals surface area (Å²) in [6, 6.07) is 12.7. The van der Waals surface area contributed by atoms with Gasteiger partial charge >= 0.3 is 0 Å². The Hall–Kier alpha value is -1.81. The molecule has 19 heavy (non-hydrogen) atoms. The van der Waals surface area contributed by atoms with Crippen LogP contribution in [0.25, 0.3) is 0 Å². The third kappa shape index (κ3) is 3.35. The van der Waals surface area contributed by atoms with Crippen LogP contribution in [0, 0.1) is 0 Å². The van der Waals surface area contributed by atoms with Gasteiger partial charge in [0, 0.05) is 10.0 Å². The molecule has 0 atom stereocenters. The van der Waals surface area contributed by atoms with Crippen molar-refractivity contribution < 1.29 is 14.6 Å². The van der Waals surface area contributed by atoms with Crippen LogP contribution in [0.1, 0.15) is 22.8 Å². The van der Waals surface area contributed by atoms with Crippen molar-refractivity contribution in [2.45, 2.75) is 13.5 Å². The maximum Gasteiger partial charge on any atom is 0.162 e. The topological polar surface area (TPSA) is 46.5 Å². The lowest BCUT2D eigenvalue weighted by atomic mass is 10.1. The Balaban J connectivity index is 2.17. The van der Waals surface area contributed by atoms with E-state index in [-0.39, 0.29) is 11.5 Å². The van der Waals surface area contributed by atoms with E-state index in [9.17, 15) is 9.90 Å². The van der Waals surface area contributed by atoms with E-state index in [1.807, 2.05) is 30.3 Å². The van der Waals surface area contributed by atoms with Gasteiger partial charge in [-0.25, -0.2) is 0 Å². The first-order valence-corrected chi connectivity index (χ1v) is 6.57. The molecule has 1 N–H and O–H groups in total. The lowest BCUT2D eigenvalue weighted by Crippen LogP contribution is -1.98. The number of rotatable bonds is 4. The van der Waals surface area contributed by atoms with Gasteiger partial charge in [0.25, 0.3) is 0 Å². The first kappa shape index (κ1) is 13.6. The average Bonchev–Trinajstić information content (AvgIpc) is 2.40.